The fourth-order valence-electron chi connectivity index (χ4n) is 2.25. The lowest BCUT2D eigenvalue weighted by Gasteiger charge is -2.03. The van der Waals surface area contributed by atoms with Gasteiger partial charge in [0.1, 0.15) is 11.6 Å². The summed E-state index contributed by atoms with van der Waals surface area (Å²) in [6.45, 7) is 0.264. The van der Waals surface area contributed by atoms with Gasteiger partial charge >= 0.3 is 0 Å². The van der Waals surface area contributed by atoms with E-state index in [0.717, 1.165) is 10.0 Å². The van der Waals surface area contributed by atoms with Gasteiger partial charge in [0.25, 0.3) is 5.91 Å². The summed E-state index contributed by atoms with van der Waals surface area (Å²) in [4.78, 5) is 12.8. The van der Waals surface area contributed by atoms with E-state index in [4.69, 9.17) is 4.42 Å². The van der Waals surface area contributed by atoms with E-state index in [9.17, 15) is 13.4 Å². The second-order valence-corrected chi connectivity index (χ2v) is 7.89. The van der Waals surface area contributed by atoms with Gasteiger partial charge in [0.15, 0.2) is 5.76 Å². The zero-order valence-electron chi connectivity index (χ0n) is 13.6. The van der Waals surface area contributed by atoms with Crippen LogP contribution in [0, 0.1) is 5.82 Å². The summed E-state index contributed by atoms with van der Waals surface area (Å²) in [5, 5.41) is 2.70. The molecule has 0 aliphatic rings. The number of halogens is 2. The van der Waals surface area contributed by atoms with Crippen molar-refractivity contribution < 1.29 is 17.8 Å². The van der Waals surface area contributed by atoms with Gasteiger partial charge in [-0.1, -0.05) is 28.1 Å². The van der Waals surface area contributed by atoms with Gasteiger partial charge in [0.05, 0.1) is 16.6 Å². The molecule has 0 fully saturated rings. The van der Waals surface area contributed by atoms with Gasteiger partial charge in [0, 0.05) is 15.9 Å². The lowest BCUT2D eigenvalue weighted by atomic mass is 10.2. The molecule has 3 aromatic rings. The van der Waals surface area contributed by atoms with Crippen LogP contribution in [-0.2, 0) is 23.1 Å². The first kappa shape index (κ1) is 18.5. The molecule has 0 bridgehead atoms. The second kappa shape index (κ2) is 8.42. The Morgan fingerprint density at radius 2 is 1.73 bits per heavy atom. The Balaban J connectivity index is 1.58. The normalized spacial score (nSPS) is 11.9. The molecule has 0 saturated carbocycles. The molecule has 1 atom stereocenters. The van der Waals surface area contributed by atoms with Crippen LogP contribution < -0.4 is 5.32 Å². The highest BCUT2D eigenvalue weighted by Gasteiger charge is 2.13. The van der Waals surface area contributed by atoms with Gasteiger partial charge in [-0.3, -0.25) is 9.00 Å². The Labute approximate surface area is 161 Å². The van der Waals surface area contributed by atoms with Crippen molar-refractivity contribution in [2.75, 3.05) is 0 Å². The number of amides is 1. The van der Waals surface area contributed by atoms with Crippen LogP contribution in [0.25, 0.3) is 0 Å². The third-order valence-electron chi connectivity index (χ3n) is 3.60. The van der Waals surface area contributed by atoms with Crippen LogP contribution in [0.15, 0.2) is 74.4 Å². The molecule has 0 unspecified atom stereocenters. The molecule has 7 heteroatoms. The molecule has 1 heterocycles. The molecule has 2 aromatic carbocycles. The molecule has 0 saturated heterocycles. The number of rotatable bonds is 6. The predicted octanol–water partition coefficient (Wildman–Crippen LogP) is 4.42. The topological polar surface area (TPSA) is 59.3 Å². The van der Waals surface area contributed by atoms with Crippen molar-refractivity contribution in [3.63, 3.8) is 0 Å². The molecule has 1 N–H and O–H groups in total. The number of furan rings is 1. The first-order valence-corrected chi connectivity index (χ1v) is 9.88. The van der Waals surface area contributed by atoms with E-state index in [2.05, 4.69) is 21.2 Å². The van der Waals surface area contributed by atoms with Crippen molar-refractivity contribution in [2.45, 2.75) is 17.2 Å². The zero-order valence-corrected chi connectivity index (χ0v) is 16.0. The number of carbonyl (C=O) groups excluding carboxylic acids is 1. The molecule has 26 heavy (non-hydrogen) atoms. The molecular weight excluding hydrogens is 421 g/mol. The van der Waals surface area contributed by atoms with Crippen LogP contribution in [0.2, 0.25) is 0 Å². The van der Waals surface area contributed by atoms with Gasteiger partial charge in [-0.05, 0) is 54.1 Å². The maximum atomic E-state index is 12.9. The Morgan fingerprint density at radius 3 is 2.42 bits per heavy atom. The zero-order chi connectivity index (χ0) is 18.5. The lowest BCUT2D eigenvalue weighted by molar-refractivity contribution is 0.0921. The summed E-state index contributed by atoms with van der Waals surface area (Å²) in [5.41, 5.74) is 0.780. The van der Waals surface area contributed by atoms with E-state index in [1.54, 1.807) is 36.4 Å². The lowest BCUT2D eigenvalue weighted by Crippen LogP contribution is -2.22. The first-order chi connectivity index (χ1) is 12.5. The summed E-state index contributed by atoms with van der Waals surface area (Å²) in [5.74, 6) is 0.102. The quantitative estimate of drug-likeness (QED) is 0.623. The Bertz CT molecular complexity index is 923. The maximum absolute atomic E-state index is 12.9. The van der Waals surface area contributed by atoms with Crippen molar-refractivity contribution in [3.8, 4) is 0 Å². The average molecular weight is 436 g/mol. The second-order valence-electron chi connectivity index (χ2n) is 5.52. The van der Waals surface area contributed by atoms with Gasteiger partial charge in [-0.2, -0.15) is 0 Å². The van der Waals surface area contributed by atoms with E-state index in [0.29, 0.717) is 10.7 Å². The van der Waals surface area contributed by atoms with Gasteiger partial charge in [0.2, 0.25) is 0 Å². The third kappa shape index (κ3) is 4.89. The Hall–Kier alpha value is -2.25. The summed E-state index contributed by atoms with van der Waals surface area (Å²) in [6, 6.07) is 16.3. The molecular formula is C19H15BrFNO3S. The largest absolute Gasteiger partial charge is 0.455 e. The summed E-state index contributed by atoms with van der Waals surface area (Å²) >= 11 is 3.34. The van der Waals surface area contributed by atoms with Crippen molar-refractivity contribution in [3.05, 3.63) is 88.0 Å². The van der Waals surface area contributed by atoms with Gasteiger partial charge in [-0.15, -0.1) is 0 Å². The van der Waals surface area contributed by atoms with E-state index in [-0.39, 0.29) is 29.8 Å². The number of hydrogen-bond donors (Lipinski definition) is 1. The summed E-state index contributed by atoms with van der Waals surface area (Å²) in [6.07, 6.45) is 0. The van der Waals surface area contributed by atoms with E-state index < -0.39 is 10.8 Å². The predicted molar refractivity (Wildman–Crippen MR) is 101 cm³/mol. The van der Waals surface area contributed by atoms with Gasteiger partial charge < -0.3 is 9.73 Å². The van der Waals surface area contributed by atoms with Crippen LogP contribution in [0.4, 0.5) is 4.39 Å². The van der Waals surface area contributed by atoms with Crippen molar-refractivity contribution in [2.24, 2.45) is 0 Å². The Morgan fingerprint density at radius 1 is 1.04 bits per heavy atom. The minimum atomic E-state index is -1.26. The summed E-state index contributed by atoms with van der Waals surface area (Å²) < 4.78 is 31.6. The van der Waals surface area contributed by atoms with E-state index in [1.165, 1.54) is 12.1 Å². The smallest absolute Gasteiger partial charge is 0.287 e. The number of carbonyl (C=O) groups is 1. The molecule has 0 aliphatic heterocycles. The highest BCUT2D eigenvalue weighted by molar-refractivity contribution is 9.10. The molecule has 1 aromatic heterocycles. The monoisotopic (exact) mass is 435 g/mol. The van der Waals surface area contributed by atoms with Crippen LogP contribution in [0.5, 0.6) is 0 Å². The van der Waals surface area contributed by atoms with Crippen LogP contribution in [-0.4, -0.2) is 10.1 Å². The van der Waals surface area contributed by atoms with Crippen LogP contribution >= 0.6 is 15.9 Å². The molecule has 0 spiro atoms. The molecule has 134 valence electrons. The van der Waals surface area contributed by atoms with Crippen molar-refractivity contribution in [1.29, 1.82) is 0 Å². The fraction of sp³-hybridized carbons (Fsp3) is 0.105. The minimum absolute atomic E-state index is 0.148. The highest BCUT2D eigenvalue weighted by Crippen LogP contribution is 2.18. The fourth-order valence-corrected chi connectivity index (χ4v) is 3.53. The van der Waals surface area contributed by atoms with E-state index in [1.807, 2.05) is 12.1 Å². The molecule has 1 amide bonds. The molecule has 0 radical (unpaired) electrons. The SMILES string of the molecule is O=C(NCc1ccc(F)cc1)c1ccc(C[S@](=O)c2ccc(Br)cc2)o1. The first-order valence-electron chi connectivity index (χ1n) is 7.76. The van der Waals surface area contributed by atoms with Crippen LogP contribution in [0.1, 0.15) is 21.9 Å². The van der Waals surface area contributed by atoms with Crippen LogP contribution in [0.3, 0.4) is 0 Å². The molecule has 3 rings (SSSR count). The standard InChI is InChI=1S/C19H15BrFNO3S/c20-14-3-8-17(9-4-14)26(24)12-16-7-10-18(25-16)19(23)22-11-13-1-5-15(21)6-2-13/h1-10H,11-12H2,(H,22,23)/t26-/m0/s1. The third-order valence-corrected chi connectivity index (χ3v) is 5.47. The molecule has 0 aliphatic carbocycles. The average Bonchev–Trinajstić information content (AvgIpc) is 3.10. The maximum Gasteiger partial charge on any atom is 0.287 e. The number of hydrogen-bond acceptors (Lipinski definition) is 3. The highest BCUT2D eigenvalue weighted by atomic mass is 79.9. The van der Waals surface area contributed by atoms with Gasteiger partial charge in [-0.25, -0.2) is 4.39 Å². The number of nitrogens with one attached hydrogen (secondary N) is 1. The number of benzene rings is 2. The summed E-state index contributed by atoms with van der Waals surface area (Å²) in [7, 11) is -1.26. The Kier molecular flexibility index (Phi) is 6.00. The minimum Gasteiger partial charge on any atom is -0.455 e. The van der Waals surface area contributed by atoms with E-state index >= 15 is 0 Å². The van der Waals surface area contributed by atoms with Crippen molar-refractivity contribution >= 4 is 32.6 Å². The molecule has 4 nitrogen and oxygen atoms in total. The van der Waals surface area contributed by atoms with Crippen molar-refractivity contribution in [1.82, 2.24) is 5.32 Å².